The molecule has 0 aliphatic carbocycles. The Morgan fingerprint density at radius 2 is 2.50 bits per heavy atom. The van der Waals surface area contributed by atoms with Gasteiger partial charge in [-0.2, -0.15) is 0 Å². The average molecular weight is 221 g/mol. The Morgan fingerprint density at radius 3 is 3.00 bits per heavy atom. The third-order valence-corrected chi connectivity index (χ3v) is 1.90. The number of imidazole rings is 1. The van der Waals surface area contributed by atoms with Crippen LogP contribution < -0.4 is 5.32 Å². The van der Waals surface area contributed by atoms with Gasteiger partial charge in [0.2, 0.25) is 0 Å². The number of aromatic amines is 1. The van der Waals surface area contributed by atoms with Crippen LogP contribution in [0.2, 0.25) is 0 Å². The van der Waals surface area contributed by atoms with Crippen LogP contribution in [0.3, 0.4) is 0 Å². The normalized spacial score (nSPS) is 11.2. The number of rotatable bonds is 4. The largest absolute Gasteiger partial charge is 0.467 e. The molecular formula is C10H11N3O3. The van der Waals surface area contributed by atoms with Gasteiger partial charge in [-0.15, -0.1) is 6.42 Å². The van der Waals surface area contributed by atoms with E-state index in [4.69, 9.17) is 6.42 Å². The number of carbonyl (C=O) groups excluding carboxylic acids is 2. The van der Waals surface area contributed by atoms with Crippen molar-refractivity contribution < 1.29 is 14.3 Å². The number of terminal acetylenes is 1. The average Bonchev–Trinajstić information content (AvgIpc) is 2.79. The van der Waals surface area contributed by atoms with Gasteiger partial charge in [-0.1, -0.05) is 0 Å². The van der Waals surface area contributed by atoms with Crippen LogP contribution in [0.15, 0.2) is 12.5 Å². The van der Waals surface area contributed by atoms with E-state index < -0.39 is 17.9 Å². The topological polar surface area (TPSA) is 84.1 Å². The van der Waals surface area contributed by atoms with E-state index in [1.165, 1.54) is 13.4 Å². The van der Waals surface area contributed by atoms with E-state index in [2.05, 4.69) is 20.0 Å². The molecule has 0 radical (unpaired) electrons. The number of hydrogen-bond acceptors (Lipinski definition) is 4. The van der Waals surface area contributed by atoms with E-state index in [0.717, 1.165) is 0 Å². The van der Waals surface area contributed by atoms with E-state index in [1.807, 2.05) is 5.92 Å². The number of ether oxygens (including phenoxy) is 1. The first-order valence-electron chi connectivity index (χ1n) is 4.49. The summed E-state index contributed by atoms with van der Waals surface area (Å²) in [6.07, 6.45) is 8.18. The van der Waals surface area contributed by atoms with Crippen molar-refractivity contribution in [3.63, 3.8) is 0 Å². The maximum absolute atomic E-state index is 11.3. The summed E-state index contributed by atoms with van der Waals surface area (Å²) in [7, 11) is 1.24. The molecule has 0 unspecified atom stereocenters. The van der Waals surface area contributed by atoms with E-state index in [1.54, 1.807) is 6.20 Å². The molecule has 1 rings (SSSR count). The summed E-state index contributed by atoms with van der Waals surface area (Å²) < 4.78 is 4.55. The number of H-pyrrole nitrogens is 1. The van der Waals surface area contributed by atoms with Gasteiger partial charge in [-0.3, -0.25) is 4.79 Å². The number of hydrogen-bond donors (Lipinski definition) is 2. The van der Waals surface area contributed by atoms with Crippen molar-refractivity contribution in [3.8, 4) is 12.3 Å². The Bertz CT molecular complexity index is 405. The Balaban J connectivity index is 2.68. The number of esters is 1. The molecule has 1 atom stereocenters. The van der Waals surface area contributed by atoms with E-state index >= 15 is 0 Å². The Labute approximate surface area is 92.4 Å². The predicted octanol–water partition coefficient (Wildman–Crippen LogP) is -0.757. The lowest BCUT2D eigenvalue weighted by molar-refractivity contribution is -0.144. The highest BCUT2D eigenvalue weighted by atomic mass is 16.5. The van der Waals surface area contributed by atoms with Crippen LogP contribution in [0.4, 0.5) is 0 Å². The number of methoxy groups -OCH3 is 1. The molecule has 0 aliphatic rings. The predicted molar refractivity (Wildman–Crippen MR) is 55.1 cm³/mol. The molecule has 2 N–H and O–H groups in total. The first-order chi connectivity index (χ1) is 7.67. The Kier molecular flexibility index (Phi) is 4.09. The van der Waals surface area contributed by atoms with Crippen molar-refractivity contribution in [3.05, 3.63) is 18.2 Å². The third kappa shape index (κ3) is 3.13. The standard InChI is InChI=1S/C10H11N3O3/c1-3-9(14)13-8(10(15)16-2)4-7-5-11-6-12-7/h1,5-6,8H,4H2,2H3,(H,11,12)(H,13,14)/t8-/m0/s1. The van der Waals surface area contributed by atoms with Gasteiger partial charge in [-0.25, -0.2) is 9.78 Å². The molecular weight excluding hydrogens is 210 g/mol. The first-order valence-corrected chi connectivity index (χ1v) is 4.49. The molecule has 6 nitrogen and oxygen atoms in total. The molecule has 0 bridgehead atoms. The van der Waals surface area contributed by atoms with Crippen LogP contribution in [0.1, 0.15) is 5.69 Å². The fourth-order valence-electron chi connectivity index (χ4n) is 1.15. The highest BCUT2D eigenvalue weighted by molar-refractivity contribution is 5.95. The van der Waals surface area contributed by atoms with Gasteiger partial charge < -0.3 is 15.0 Å². The van der Waals surface area contributed by atoms with E-state index in [-0.39, 0.29) is 6.42 Å². The lowest BCUT2D eigenvalue weighted by Crippen LogP contribution is -2.42. The van der Waals surface area contributed by atoms with Gasteiger partial charge in [-0.05, 0) is 5.92 Å². The molecule has 0 aliphatic heterocycles. The Morgan fingerprint density at radius 1 is 1.75 bits per heavy atom. The molecule has 1 aromatic rings. The molecule has 1 amide bonds. The second kappa shape index (κ2) is 5.56. The van der Waals surface area contributed by atoms with Crippen molar-refractivity contribution in [2.75, 3.05) is 7.11 Å². The minimum Gasteiger partial charge on any atom is -0.467 e. The molecule has 0 fully saturated rings. The SMILES string of the molecule is C#CC(=O)N[C@@H](Cc1cnc[nH]1)C(=O)OC. The first kappa shape index (κ1) is 11.8. The summed E-state index contributed by atoms with van der Waals surface area (Å²) in [4.78, 5) is 29.0. The Hall–Kier alpha value is -2.29. The number of nitrogens with zero attached hydrogens (tertiary/aromatic N) is 1. The van der Waals surface area contributed by atoms with Crippen molar-refractivity contribution in [1.82, 2.24) is 15.3 Å². The van der Waals surface area contributed by atoms with Crippen LogP contribution in [-0.4, -0.2) is 35.0 Å². The fraction of sp³-hybridized carbons (Fsp3) is 0.300. The second-order valence-corrected chi connectivity index (χ2v) is 2.97. The molecule has 1 heterocycles. The quantitative estimate of drug-likeness (QED) is 0.517. The molecule has 0 saturated carbocycles. The molecule has 0 spiro atoms. The van der Waals surface area contributed by atoms with Crippen LogP contribution in [-0.2, 0) is 20.7 Å². The van der Waals surface area contributed by atoms with Crippen molar-refractivity contribution in [2.45, 2.75) is 12.5 Å². The van der Waals surface area contributed by atoms with Gasteiger partial charge >= 0.3 is 5.97 Å². The number of aromatic nitrogens is 2. The highest BCUT2D eigenvalue weighted by Crippen LogP contribution is 2.00. The molecule has 0 aromatic carbocycles. The number of nitrogens with one attached hydrogen (secondary N) is 2. The minimum atomic E-state index is -0.811. The van der Waals surface area contributed by atoms with Gasteiger partial charge in [0.05, 0.1) is 13.4 Å². The maximum atomic E-state index is 11.3. The van der Waals surface area contributed by atoms with Gasteiger partial charge in [0, 0.05) is 18.3 Å². The van der Waals surface area contributed by atoms with Crippen molar-refractivity contribution >= 4 is 11.9 Å². The summed E-state index contributed by atoms with van der Waals surface area (Å²) in [5, 5.41) is 2.36. The van der Waals surface area contributed by atoms with E-state index in [9.17, 15) is 9.59 Å². The van der Waals surface area contributed by atoms with Gasteiger partial charge in [0.15, 0.2) is 0 Å². The summed E-state index contributed by atoms with van der Waals surface area (Å²) in [5.74, 6) is 0.656. The summed E-state index contributed by atoms with van der Waals surface area (Å²) in [6, 6.07) is -0.811. The summed E-state index contributed by atoms with van der Waals surface area (Å²) >= 11 is 0. The molecule has 0 saturated heterocycles. The zero-order valence-corrected chi connectivity index (χ0v) is 8.69. The molecule has 1 aromatic heterocycles. The lowest BCUT2D eigenvalue weighted by Gasteiger charge is -2.13. The number of carbonyl (C=O) groups is 2. The monoisotopic (exact) mass is 221 g/mol. The highest BCUT2D eigenvalue weighted by Gasteiger charge is 2.21. The van der Waals surface area contributed by atoms with Crippen molar-refractivity contribution in [1.29, 1.82) is 0 Å². The lowest BCUT2D eigenvalue weighted by atomic mass is 10.1. The zero-order chi connectivity index (χ0) is 12.0. The van der Waals surface area contributed by atoms with Crippen LogP contribution >= 0.6 is 0 Å². The molecule has 84 valence electrons. The molecule has 16 heavy (non-hydrogen) atoms. The maximum Gasteiger partial charge on any atom is 0.328 e. The van der Waals surface area contributed by atoms with Gasteiger partial charge in [0.25, 0.3) is 5.91 Å². The fourth-order valence-corrected chi connectivity index (χ4v) is 1.15. The van der Waals surface area contributed by atoms with Crippen LogP contribution in [0.5, 0.6) is 0 Å². The second-order valence-electron chi connectivity index (χ2n) is 2.97. The molecule has 6 heteroatoms. The minimum absolute atomic E-state index is 0.250. The summed E-state index contributed by atoms with van der Waals surface area (Å²) in [6.45, 7) is 0. The van der Waals surface area contributed by atoms with Crippen LogP contribution in [0.25, 0.3) is 0 Å². The zero-order valence-electron chi connectivity index (χ0n) is 8.69. The summed E-state index contributed by atoms with van der Waals surface area (Å²) in [5.41, 5.74) is 0.702. The van der Waals surface area contributed by atoms with Crippen LogP contribution in [0, 0.1) is 12.3 Å². The number of amides is 1. The van der Waals surface area contributed by atoms with Gasteiger partial charge in [0.1, 0.15) is 6.04 Å². The van der Waals surface area contributed by atoms with Crippen molar-refractivity contribution in [2.24, 2.45) is 0 Å². The smallest absolute Gasteiger partial charge is 0.328 e. The van der Waals surface area contributed by atoms with E-state index in [0.29, 0.717) is 5.69 Å². The third-order valence-electron chi connectivity index (χ3n) is 1.90.